The van der Waals surface area contributed by atoms with Crippen LogP contribution in [0, 0.1) is 13.8 Å². The SMILES string of the molecule is COc1ccc(CC(=O)n2nc(C)cc2C)cc1. The standard InChI is InChI=1S/C14H16N2O2/c1-10-8-11(2)16(15-10)14(17)9-12-4-6-13(18-3)7-5-12/h4-8H,9H2,1-3H3. The lowest BCUT2D eigenvalue weighted by Gasteiger charge is -2.04. The van der Waals surface area contributed by atoms with Gasteiger partial charge in [0.1, 0.15) is 5.75 Å². The summed E-state index contributed by atoms with van der Waals surface area (Å²) >= 11 is 0. The van der Waals surface area contributed by atoms with Gasteiger partial charge in [-0.1, -0.05) is 12.1 Å². The highest BCUT2D eigenvalue weighted by Gasteiger charge is 2.10. The number of carbonyl (C=O) groups is 1. The number of aromatic nitrogens is 2. The predicted molar refractivity (Wildman–Crippen MR) is 69.0 cm³/mol. The highest BCUT2D eigenvalue weighted by atomic mass is 16.5. The quantitative estimate of drug-likeness (QED) is 0.832. The fourth-order valence-corrected chi connectivity index (χ4v) is 1.87. The molecular formula is C14H16N2O2. The molecule has 0 aliphatic carbocycles. The second-order valence-electron chi connectivity index (χ2n) is 4.26. The summed E-state index contributed by atoms with van der Waals surface area (Å²) in [5, 5.41) is 4.18. The van der Waals surface area contributed by atoms with Crippen LogP contribution >= 0.6 is 0 Å². The Labute approximate surface area is 106 Å². The maximum absolute atomic E-state index is 12.1. The monoisotopic (exact) mass is 244 g/mol. The molecule has 1 heterocycles. The molecular weight excluding hydrogens is 228 g/mol. The number of aryl methyl sites for hydroxylation is 2. The second-order valence-corrected chi connectivity index (χ2v) is 4.26. The van der Waals surface area contributed by atoms with Crippen molar-refractivity contribution in [3.8, 4) is 5.75 Å². The van der Waals surface area contributed by atoms with E-state index in [1.54, 1.807) is 7.11 Å². The number of hydrogen-bond donors (Lipinski definition) is 0. The summed E-state index contributed by atoms with van der Waals surface area (Å²) in [4.78, 5) is 12.1. The van der Waals surface area contributed by atoms with E-state index in [0.29, 0.717) is 6.42 Å². The number of methoxy groups -OCH3 is 1. The third kappa shape index (κ3) is 2.59. The summed E-state index contributed by atoms with van der Waals surface area (Å²) in [7, 11) is 1.62. The zero-order valence-electron chi connectivity index (χ0n) is 10.8. The maximum atomic E-state index is 12.1. The molecule has 0 aliphatic rings. The third-order valence-electron chi connectivity index (χ3n) is 2.76. The first kappa shape index (κ1) is 12.4. The van der Waals surface area contributed by atoms with Crippen molar-refractivity contribution in [2.45, 2.75) is 20.3 Å². The average Bonchev–Trinajstić information content (AvgIpc) is 2.69. The molecule has 1 aromatic carbocycles. The van der Waals surface area contributed by atoms with E-state index in [1.807, 2.05) is 44.2 Å². The molecule has 0 saturated carbocycles. The molecule has 1 aromatic heterocycles. The van der Waals surface area contributed by atoms with Crippen LogP contribution in [0.4, 0.5) is 0 Å². The molecule has 0 radical (unpaired) electrons. The number of ether oxygens (including phenoxy) is 1. The molecule has 18 heavy (non-hydrogen) atoms. The van der Waals surface area contributed by atoms with Crippen LogP contribution in [0.5, 0.6) is 5.75 Å². The minimum absolute atomic E-state index is 0.0224. The molecule has 0 unspecified atom stereocenters. The van der Waals surface area contributed by atoms with Gasteiger partial charge in [-0.25, -0.2) is 4.68 Å². The molecule has 0 aliphatic heterocycles. The molecule has 4 nitrogen and oxygen atoms in total. The molecule has 94 valence electrons. The second kappa shape index (κ2) is 5.04. The van der Waals surface area contributed by atoms with Crippen LogP contribution in [-0.4, -0.2) is 22.8 Å². The Kier molecular flexibility index (Phi) is 3.46. The molecule has 2 rings (SSSR count). The largest absolute Gasteiger partial charge is 0.497 e. The number of benzene rings is 1. The Bertz CT molecular complexity index is 556. The van der Waals surface area contributed by atoms with Crippen LogP contribution in [0.25, 0.3) is 0 Å². The van der Waals surface area contributed by atoms with Gasteiger partial charge in [0.05, 0.1) is 19.2 Å². The lowest BCUT2D eigenvalue weighted by molar-refractivity contribution is 0.0895. The Morgan fingerprint density at radius 3 is 2.44 bits per heavy atom. The molecule has 0 spiro atoms. The normalized spacial score (nSPS) is 10.4. The summed E-state index contributed by atoms with van der Waals surface area (Å²) in [6, 6.07) is 9.38. The van der Waals surface area contributed by atoms with Crippen molar-refractivity contribution in [2.75, 3.05) is 7.11 Å². The van der Waals surface area contributed by atoms with E-state index >= 15 is 0 Å². The van der Waals surface area contributed by atoms with Crippen molar-refractivity contribution in [3.05, 3.63) is 47.3 Å². The number of nitrogens with zero attached hydrogens (tertiary/aromatic N) is 2. The number of hydrogen-bond acceptors (Lipinski definition) is 3. The molecule has 2 aromatic rings. The van der Waals surface area contributed by atoms with Gasteiger partial charge < -0.3 is 4.74 Å². The van der Waals surface area contributed by atoms with Crippen LogP contribution < -0.4 is 4.74 Å². The zero-order chi connectivity index (χ0) is 13.1. The maximum Gasteiger partial charge on any atom is 0.251 e. The van der Waals surface area contributed by atoms with Crippen molar-refractivity contribution < 1.29 is 9.53 Å². The van der Waals surface area contributed by atoms with Crippen LogP contribution in [0.2, 0.25) is 0 Å². The van der Waals surface area contributed by atoms with E-state index in [0.717, 1.165) is 22.7 Å². The van der Waals surface area contributed by atoms with E-state index < -0.39 is 0 Å². The van der Waals surface area contributed by atoms with E-state index in [9.17, 15) is 4.79 Å². The van der Waals surface area contributed by atoms with Gasteiger partial charge in [0.15, 0.2) is 0 Å². The summed E-state index contributed by atoms with van der Waals surface area (Å²) in [5.74, 6) is 0.767. The van der Waals surface area contributed by atoms with E-state index in [1.165, 1.54) is 4.68 Å². The number of rotatable bonds is 3. The summed E-state index contributed by atoms with van der Waals surface area (Å²) in [6.07, 6.45) is 0.339. The first-order valence-electron chi connectivity index (χ1n) is 5.79. The lowest BCUT2D eigenvalue weighted by Crippen LogP contribution is -2.16. The van der Waals surface area contributed by atoms with Gasteiger partial charge in [0, 0.05) is 5.69 Å². The highest BCUT2D eigenvalue weighted by molar-refractivity contribution is 5.81. The number of carbonyl (C=O) groups excluding carboxylic acids is 1. The van der Waals surface area contributed by atoms with Crippen LogP contribution in [-0.2, 0) is 6.42 Å². The Morgan fingerprint density at radius 2 is 1.94 bits per heavy atom. The minimum Gasteiger partial charge on any atom is -0.497 e. The lowest BCUT2D eigenvalue weighted by atomic mass is 10.1. The van der Waals surface area contributed by atoms with Gasteiger partial charge in [0.2, 0.25) is 0 Å². The first-order chi connectivity index (χ1) is 8.60. The van der Waals surface area contributed by atoms with Crippen LogP contribution in [0.15, 0.2) is 30.3 Å². The molecule has 4 heteroatoms. The summed E-state index contributed by atoms with van der Waals surface area (Å²) in [5.41, 5.74) is 2.68. The Hall–Kier alpha value is -2.10. The van der Waals surface area contributed by atoms with Crippen molar-refractivity contribution in [2.24, 2.45) is 0 Å². The van der Waals surface area contributed by atoms with E-state index in [4.69, 9.17) is 4.74 Å². The fourth-order valence-electron chi connectivity index (χ4n) is 1.87. The zero-order valence-corrected chi connectivity index (χ0v) is 10.8. The Balaban J connectivity index is 2.13. The van der Waals surface area contributed by atoms with Gasteiger partial charge in [-0.15, -0.1) is 0 Å². The van der Waals surface area contributed by atoms with Gasteiger partial charge in [-0.2, -0.15) is 5.10 Å². The molecule has 0 N–H and O–H groups in total. The van der Waals surface area contributed by atoms with Gasteiger partial charge >= 0.3 is 0 Å². The highest BCUT2D eigenvalue weighted by Crippen LogP contribution is 2.12. The van der Waals surface area contributed by atoms with Gasteiger partial charge in [0.25, 0.3) is 5.91 Å². The Morgan fingerprint density at radius 1 is 1.28 bits per heavy atom. The molecule has 0 amide bonds. The van der Waals surface area contributed by atoms with Gasteiger partial charge in [-0.05, 0) is 37.6 Å². The summed E-state index contributed by atoms with van der Waals surface area (Å²) in [6.45, 7) is 3.76. The van der Waals surface area contributed by atoms with E-state index in [-0.39, 0.29) is 5.91 Å². The van der Waals surface area contributed by atoms with Crippen molar-refractivity contribution >= 4 is 5.91 Å². The van der Waals surface area contributed by atoms with Crippen molar-refractivity contribution in [3.63, 3.8) is 0 Å². The minimum atomic E-state index is -0.0224. The van der Waals surface area contributed by atoms with E-state index in [2.05, 4.69) is 5.10 Å². The topological polar surface area (TPSA) is 44.1 Å². The molecule has 0 fully saturated rings. The first-order valence-corrected chi connectivity index (χ1v) is 5.79. The smallest absolute Gasteiger partial charge is 0.251 e. The molecule has 0 saturated heterocycles. The average molecular weight is 244 g/mol. The van der Waals surface area contributed by atoms with Gasteiger partial charge in [-0.3, -0.25) is 4.79 Å². The van der Waals surface area contributed by atoms with Crippen LogP contribution in [0.1, 0.15) is 21.7 Å². The van der Waals surface area contributed by atoms with Crippen molar-refractivity contribution in [1.82, 2.24) is 9.78 Å². The van der Waals surface area contributed by atoms with Crippen LogP contribution in [0.3, 0.4) is 0 Å². The predicted octanol–water partition coefficient (Wildman–Crippen LogP) is 2.39. The molecule has 0 bridgehead atoms. The third-order valence-corrected chi connectivity index (χ3v) is 2.76. The summed E-state index contributed by atoms with van der Waals surface area (Å²) < 4.78 is 6.54. The fraction of sp³-hybridized carbons (Fsp3) is 0.286. The van der Waals surface area contributed by atoms with Crippen molar-refractivity contribution in [1.29, 1.82) is 0 Å². The molecule has 0 atom stereocenters.